The maximum atomic E-state index is 12.9. The first kappa shape index (κ1) is 17.4. The molecule has 0 aliphatic rings. The molecule has 1 atom stereocenters. The van der Waals surface area contributed by atoms with Gasteiger partial charge in [0, 0.05) is 16.1 Å². The van der Waals surface area contributed by atoms with E-state index in [0.717, 1.165) is 17.3 Å². The van der Waals surface area contributed by atoms with Gasteiger partial charge >= 0.3 is 0 Å². The number of benzene rings is 2. The molecule has 2 aromatic carbocycles. The second-order valence-corrected chi connectivity index (χ2v) is 6.92. The first-order valence-electron chi connectivity index (χ1n) is 7.90. The third kappa shape index (κ3) is 3.91. The molecule has 0 spiro atoms. The molecule has 2 heterocycles. The highest BCUT2D eigenvalue weighted by molar-refractivity contribution is 7.99. The average Bonchev–Trinajstić information content (AvgIpc) is 3.39. The van der Waals surface area contributed by atoms with E-state index in [1.165, 1.54) is 17.3 Å². The highest BCUT2D eigenvalue weighted by Crippen LogP contribution is 2.34. The van der Waals surface area contributed by atoms with Crippen LogP contribution >= 0.6 is 23.4 Å². The van der Waals surface area contributed by atoms with Crippen LogP contribution < -0.4 is 0 Å². The Bertz CT molecular complexity index is 1040. The summed E-state index contributed by atoms with van der Waals surface area (Å²) in [5.41, 5.74) is 1.30. The zero-order valence-electron chi connectivity index (χ0n) is 13.8. The number of thioether (sulfide) groups is 1. The summed E-state index contributed by atoms with van der Waals surface area (Å²) in [5, 5.41) is 12.3. The Labute approximate surface area is 163 Å². The minimum Gasteiger partial charge on any atom is -0.411 e. The number of Topliss-reactive ketones (excluding diaryl/α,β-unsaturated/α-hetero) is 1. The lowest BCUT2D eigenvalue weighted by atomic mass is 10.1. The molecule has 1 unspecified atom stereocenters. The number of hydrogen-bond acceptors (Lipinski definition) is 7. The average molecular weight is 398 g/mol. The zero-order chi connectivity index (χ0) is 18.6. The largest absolute Gasteiger partial charge is 0.411 e. The molecule has 0 radical (unpaired) electrons. The quantitative estimate of drug-likeness (QED) is 0.356. The van der Waals surface area contributed by atoms with Crippen LogP contribution in [-0.4, -0.2) is 30.7 Å². The molecule has 0 aliphatic heterocycles. The summed E-state index contributed by atoms with van der Waals surface area (Å²) < 4.78 is 7.17. The lowest BCUT2D eigenvalue weighted by Crippen LogP contribution is -2.17. The highest BCUT2D eigenvalue weighted by atomic mass is 35.5. The second kappa shape index (κ2) is 7.73. The lowest BCUT2D eigenvalue weighted by molar-refractivity contribution is 0.0962. The summed E-state index contributed by atoms with van der Waals surface area (Å²) in [4.78, 5) is 16.9. The van der Waals surface area contributed by atoms with E-state index in [1.807, 2.05) is 18.2 Å². The van der Waals surface area contributed by atoms with Gasteiger partial charge in [0.25, 0.3) is 5.22 Å². The van der Waals surface area contributed by atoms with Crippen LogP contribution in [0.1, 0.15) is 15.7 Å². The minimum atomic E-state index is -0.714. The predicted octanol–water partition coefficient (Wildman–Crippen LogP) is 4.16. The summed E-state index contributed by atoms with van der Waals surface area (Å²) in [6.07, 6.45) is 2.85. The van der Waals surface area contributed by atoms with E-state index in [2.05, 4.69) is 20.3 Å². The Kier molecular flexibility index (Phi) is 4.99. The van der Waals surface area contributed by atoms with E-state index in [4.69, 9.17) is 16.0 Å². The van der Waals surface area contributed by atoms with Gasteiger partial charge in [0.1, 0.15) is 12.7 Å². The van der Waals surface area contributed by atoms with Gasteiger partial charge in [-0.2, -0.15) is 5.10 Å². The monoisotopic (exact) mass is 397 g/mol. The van der Waals surface area contributed by atoms with Crippen molar-refractivity contribution in [3.63, 3.8) is 0 Å². The Morgan fingerprint density at radius 1 is 1.07 bits per heavy atom. The topological polar surface area (TPSA) is 86.7 Å². The van der Waals surface area contributed by atoms with Crippen molar-refractivity contribution in [2.45, 2.75) is 10.6 Å². The molecule has 2 aromatic heterocycles. The van der Waals surface area contributed by atoms with Crippen LogP contribution in [0.2, 0.25) is 5.02 Å². The summed E-state index contributed by atoms with van der Waals surface area (Å²) in [5.74, 6) is 0.205. The van der Waals surface area contributed by atoms with E-state index in [9.17, 15) is 4.79 Å². The summed E-state index contributed by atoms with van der Waals surface area (Å²) >= 11 is 7.01. The Balaban J connectivity index is 1.61. The fraction of sp³-hybridized carbons (Fsp3) is 0.0556. The molecule has 0 saturated carbocycles. The van der Waals surface area contributed by atoms with Crippen LogP contribution in [-0.2, 0) is 0 Å². The first-order valence-corrected chi connectivity index (χ1v) is 9.16. The molecule has 9 heteroatoms. The Morgan fingerprint density at radius 2 is 1.85 bits per heavy atom. The van der Waals surface area contributed by atoms with Crippen LogP contribution in [0.15, 0.2) is 76.9 Å². The van der Waals surface area contributed by atoms with Gasteiger partial charge in [0.05, 0.1) is 0 Å². The SMILES string of the molecule is O=C(c1ccccc1)C(Sc1nnc(-c2ccc(Cl)cc2)o1)n1cncn1. The van der Waals surface area contributed by atoms with E-state index < -0.39 is 5.37 Å². The molecule has 0 saturated heterocycles. The van der Waals surface area contributed by atoms with Gasteiger partial charge in [-0.25, -0.2) is 9.67 Å². The van der Waals surface area contributed by atoms with Gasteiger partial charge in [-0.15, -0.1) is 10.2 Å². The van der Waals surface area contributed by atoms with Crippen molar-refractivity contribution >= 4 is 29.1 Å². The zero-order valence-corrected chi connectivity index (χ0v) is 15.3. The number of ketones is 1. The fourth-order valence-corrected chi connectivity index (χ4v) is 3.37. The number of aromatic nitrogens is 5. The summed E-state index contributed by atoms with van der Waals surface area (Å²) in [6.45, 7) is 0. The van der Waals surface area contributed by atoms with Crippen molar-refractivity contribution < 1.29 is 9.21 Å². The third-order valence-corrected chi connectivity index (χ3v) is 4.94. The molecular weight excluding hydrogens is 386 g/mol. The fourth-order valence-electron chi connectivity index (χ4n) is 2.37. The lowest BCUT2D eigenvalue weighted by Gasteiger charge is -2.13. The third-order valence-electron chi connectivity index (χ3n) is 3.67. The highest BCUT2D eigenvalue weighted by Gasteiger charge is 2.26. The molecule has 7 nitrogen and oxygen atoms in total. The smallest absolute Gasteiger partial charge is 0.279 e. The number of rotatable bonds is 6. The van der Waals surface area contributed by atoms with Crippen molar-refractivity contribution in [3.8, 4) is 11.5 Å². The molecule has 4 aromatic rings. The number of carbonyl (C=O) groups excluding carboxylic acids is 1. The van der Waals surface area contributed by atoms with Crippen molar-refractivity contribution in [1.82, 2.24) is 25.0 Å². The predicted molar refractivity (Wildman–Crippen MR) is 100 cm³/mol. The van der Waals surface area contributed by atoms with Crippen molar-refractivity contribution in [1.29, 1.82) is 0 Å². The molecule has 4 rings (SSSR count). The number of carbonyl (C=O) groups is 1. The normalized spacial score (nSPS) is 12.0. The molecule has 0 bridgehead atoms. The van der Waals surface area contributed by atoms with Gasteiger partial charge in [0.15, 0.2) is 11.2 Å². The van der Waals surface area contributed by atoms with Crippen LogP contribution in [0, 0.1) is 0 Å². The van der Waals surface area contributed by atoms with E-state index in [-0.39, 0.29) is 11.0 Å². The van der Waals surface area contributed by atoms with E-state index in [1.54, 1.807) is 36.4 Å². The van der Waals surface area contributed by atoms with Gasteiger partial charge in [-0.1, -0.05) is 41.9 Å². The van der Waals surface area contributed by atoms with Crippen LogP contribution in [0.25, 0.3) is 11.5 Å². The van der Waals surface area contributed by atoms with Gasteiger partial charge in [-0.05, 0) is 36.0 Å². The molecule has 0 fully saturated rings. The number of hydrogen-bond donors (Lipinski definition) is 0. The number of nitrogens with zero attached hydrogens (tertiary/aromatic N) is 5. The molecule has 134 valence electrons. The molecular formula is C18H12ClN5O2S. The van der Waals surface area contributed by atoms with Crippen molar-refractivity contribution in [3.05, 3.63) is 77.8 Å². The van der Waals surface area contributed by atoms with Crippen LogP contribution in [0.3, 0.4) is 0 Å². The molecule has 0 aliphatic carbocycles. The Morgan fingerprint density at radius 3 is 2.56 bits per heavy atom. The van der Waals surface area contributed by atoms with Gasteiger partial charge < -0.3 is 4.42 Å². The maximum Gasteiger partial charge on any atom is 0.279 e. The molecule has 0 amide bonds. The Hall–Kier alpha value is -2.97. The summed E-state index contributed by atoms with van der Waals surface area (Å²) in [7, 11) is 0. The van der Waals surface area contributed by atoms with Crippen LogP contribution in [0.4, 0.5) is 0 Å². The standard InChI is InChI=1S/C18H12ClN5O2S/c19-14-8-6-13(7-9-14)16-22-23-18(26-16)27-17(24-11-20-10-21-24)15(25)12-4-2-1-3-5-12/h1-11,17H. The van der Waals surface area contributed by atoms with Gasteiger partial charge in [-0.3, -0.25) is 4.79 Å². The van der Waals surface area contributed by atoms with Gasteiger partial charge in [0.2, 0.25) is 5.89 Å². The van der Waals surface area contributed by atoms with Crippen molar-refractivity contribution in [2.24, 2.45) is 0 Å². The molecule has 0 N–H and O–H groups in total. The van der Waals surface area contributed by atoms with E-state index in [0.29, 0.717) is 16.5 Å². The summed E-state index contributed by atoms with van der Waals surface area (Å²) in [6, 6.07) is 16.0. The number of halogens is 1. The van der Waals surface area contributed by atoms with E-state index >= 15 is 0 Å². The second-order valence-electron chi connectivity index (χ2n) is 5.46. The molecule has 27 heavy (non-hydrogen) atoms. The first-order chi connectivity index (χ1) is 13.2. The minimum absolute atomic E-state index is 0.141. The van der Waals surface area contributed by atoms with Crippen molar-refractivity contribution in [2.75, 3.05) is 0 Å². The maximum absolute atomic E-state index is 12.9. The van der Waals surface area contributed by atoms with Crippen LogP contribution in [0.5, 0.6) is 0 Å².